The molecular formula is C19H26N2O. The molecule has 0 bridgehead atoms. The standard InChI is InChI=1S/C19H26N2O/c1-4-15-8-9-18-16(11-15)19(22)17(14(3)20-18)12-21-10-6-5-7-13(21)2/h8-9,11,13H,4-7,10,12H2,1-3H3,(H,20,22)/t13-/m0/s1. The number of aromatic nitrogens is 1. The lowest BCUT2D eigenvalue weighted by Gasteiger charge is -2.33. The van der Waals surface area contributed by atoms with E-state index in [9.17, 15) is 4.79 Å². The van der Waals surface area contributed by atoms with Crippen molar-refractivity contribution >= 4 is 10.9 Å². The summed E-state index contributed by atoms with van der Waals surface area (Å²) >= 11 is 0. The average molecular weight is 298 g/mol. The molecule has 3 heteroatoms. The van der Waals surface area contributed by atoms with Crippen LogP contribution in [-0.4, -0.2) is 22.5 Å². The second-order valence-electron chi connectivity index (χ2n) is 6.61. The van der Waals surface area contributed by atoms with Gasteiger partial charge in [0.2, 0.25) is 0 Å². The van der Waals surface area contributed by atoms with Gasteiger partial charge < -0.3 is 4.98 Å². The smallest absolute Gasteiger partial charge is 0.194 e. The summed E-state index contributed by atoms with van der Waals surface area (Å²) in [5.74, 6) is 0. The van der Waals surface area contributed by atoms with Gasteiger partial charge in [-0.05, 0) is 57.4 Å². The van der Waals surface area contributed by atoms with Crippen molar-refractivity contribution in [2.45, 2.75) is 59.0 Å². The normalized spacial score (nSPS) is 19.7. The van der Waals surface area contributed by atoms with E-state index in [2.05, 4.69) is 35.9 Å². The Morgan fingerprint density at radius 1 is 1.32 bits per heavy atom. The van der Waals surface area contributed by atoms with Crippen molar-refractivity contribution in [2.75, 3.05) is 6.54 Å². The molecule has 0 spiro atoms. The van der Waals surface area contributed by atoms with Crippen LogP contribution in [0.25, 0.3) is 10.9 Å². The lowest BCUT2D eigenvalue weighted by Crippen LogP contribution is -2.38. The third-order valence-corrected chi connectivity index (χ3v) is 5.09. The molecule has 2 heterocycles. The van der Waals surface area contributed by atoms with E-state index >= 15 is 0 Å². The molecule has 1 aliphatic heterocycles. The van der Waals surface area contributed by atoms with Gasteiger partial charge in [-0.25, -0.2) is 0 Å². The lowest BCUT2D eigenvalue weighted by molar-refractivity contribution is 0.152. The number of H-pyrrole nitrogens is 1. The fourth-order valence-electron chi connectivity index (χ4n) is 3.50. The quantitative estimate of drug-likeness (QED) is 0.936. The summed E-state index contributed by atoms with van der Waals surface area (Å²) in [4.78, 5) is 18.8. The first kappa shape index (κ1) is 15.3. The monoisotopic (exact) mass is 298 g/mol. The first-order valence-corrected chi connectivity index (χ1v) is 8.48. The fraction of sp³-hybridized carbons (Fsp3) is 0.526. The number of rotatable bonds is 3. The van der Waals surface area contributed by atoms with E-state index in [0.29, 0.717) is 6.04 Å². The van der Waals surface area contributed by atoms with E-state index in [1.807, 2.05) is 13.0 Å². The van der Waals surface area contributed by atoms with Crippen LogP contribution in [0.3, 0.4) is 0 Å². The molecule has 0 radical (unpaired) electrons. The van der Waals surface area contributed by atoms with Crippen LogP contribution < -0.4 is 5.43 Å². The van der Waals surface area contributed by atoms with Gasteiger partial charge in [0.25, 0.3) is 0 Å². The van der Waals surface area contributed by atoms with Gasteiger partial charge in [-0.15, -0.1) is 0 Å². The molecule has 3 nitrogen and oxygen atoms in total. The minimum Gasteiger partial charge on any atom is -0.358 e. The van der Waals surface area contributed by atoms with Crippen molar-refractivity contribution in [3.05, 3.63) is 45.2 Å². The van der Waals surface area contributed by atoms with Gasteiger partial charge in [-0.3, -0.25) is 9.69 Å². The maximum Gasteiger partial charge on any atom is 0.194 e. The van der Waals surface area contributed by atoms with Crippen LogP contribution in [0.15, 0.2) is 23.0 Å². The van der Waals surface area contributed by atoms with Crippen LogP contribution in [-0.2, 0) is 13.0 Å². The lowest BCUT2D eigenvalue weighted by atomic mass is 10.0. The van der Waals surface area contributed by atoms with Crippen molar-refractivity contribution in [3.8, 4) is 0 Å². The Hall–Kier alpha value is -1.61. The van der Waals surface area contributed by atoms with Gasteiger partial charge in [-0.2, -0.15) is 0 Å². The third kappa shape index (κ3) is 2.82. The van der Waals surface area contributed by atoms with Crippen molar-refractivity contribution in [3.63, 3.8) is 0 Å². The zero-order chi connectivity index (χ0) is 15.7. The third-order valence-electron chi connectivity index (χ3n) is 5.09. The second-order valence-corrected chi connectivity index (χ2v) is 6.61. The zero-order valence-corrected chi connectivity index (χ0v) is 13.9. The topological polar surface area (TPSA) is 36.1 Å². The average Bonchev–Trinajstić information content (AvgIpc) is 2.53. The summed E-state index contributed by atoms with van der Waals surface area (Å²) in [5, 5.41) is 0.838. The summed E-state index contributed by atoms with van der Waals surface area (Å²) in [6, 6.07) is 6.77. The highest BCUT2D eigenvalue weighted by Gasteiger charge is 2.20. The molecule has 1 saturated heterocycles. The Morgan fingerprint density at radius 3 is 2.86 bits per heavy atom. The number of aryl methyl sites for hydroxylation is 2. The highest BCUT2D eigenvalue weighted by atomic mass is 16.1. The highest BCUT2D eigenvalue weighted by Crippen LogP contribution is 2.20. The first-order valence-electron chi connectivity index (χ1n) is 8.48. The van der Waals surface area contributed by atoms with Gasteiger partial charge in [0.05, 0.1) is 0 Å². The van der Waals surface area contributed by atoms with Crippen molar-refractivity contribution < 1.29 is 0 Å². The van der Waals surface area contributed by atoms with Crippen molar-refractivity contribution in [1.29, 1.82) is 0 Å². The molecule has 0 saturated carbocycles. The molecular weight excluding hydrogens is 272 g/mol. The van der Waals surface area contributed by atoms with E-state index < -0.39 is 0 Å². The van der Waals surface area contributed by atoms with E-state index in [0.717, 1.165) is 41.7 Å². The van der Waals surface area contributed by atoms with Gasteiger partial charge >= 0.3 is 0 Å². The Kier molecular flexibility index (Phi) is 4.34. The van der Waals surface area contributed by atoms with Crippen molar-refractivity contribution in [2.24, 2.45) is 0 Å². The number of hydrogen-bond acceptors (Lipinski definition) is 2. The fourth-order valence-corrected chi connectivity index (χ4v) is 3.50. The summed E-state index contributed by atoms with van der Waals surface area (Å²) in [7, 11) is 0. The molecule has 1 atom stereocenters. The van der Waals surface area contributed by atoms with Crippen LogP contribution in [0.4, 0.5) is 0 Å². The molecule has 1 fully saturated rings. The maximum atomic E-state index is 13.0. The van der Waals surface area contributed by atoms with Crippen LogP contribution in [0.1, 0.15) is 49.9 Å². The van der Waals surface area contributed by atoms with Gasteiger partial charge in [0, 0.05) is 34.7 Å². The number of likely N-dealkylation sites (tertiary alicyclic amines) is 1. The molecule has 1 aliphatic rings. The molecule has 0 amide bonds. The van der Waals surface area contributed by atoms with Crippen LogP contribution >= 0.6 is 0 Å². The maximum absolute atomic E-state index is 13.0. The summed E-state index contributed by atoms with van der Waals surface area (Å²) in [5.41, 5.74) is 4.34. The van der Waals surface area contributed by atoms with E-state index in [-0.39, 0.29) is 5.43 Å². The zero-order valence-electron chi connectivity index (χ0n) is 13.9. The largest absolute Gasteiger partial charge is 0.358 e. The Bertz CT molecular complexity index is 732. The molecule has 1 aromatic heterocycles. The summed E-state index contributed by atoms with van der Waals surface area (Å²) in [6.45, 7) is 8.30. The number of piperidine rings is 1. The van der Waals surface area contributed by atoms with E-state index in [1.54, 1.807) is 0 Å². The predicted octanol–water partition coefficient (Wildman–Crippen LogP) is 3.77. The summed E-state index contributed by atoms with van der Waals surface area (Å²) in [6.07, 6.45) is 4.76. The number of hydrogen-bond donors (Lipinski definition) is 1. The van der Waals surface area contributed by atoms with E-state index in [4.69, 9.17) is 0 Å². The number of nitrogens with zero attached hydrogens (tertiary/aromatic N) is 1. The van der Waals surface area contributed by atoms with E-state index in [1.165, 1.54) is 24.8 Å². The van der Waals surface area contributed by atoms with Crippen LogP contribution in [0, 0.1) is 6.92 Å². The summed E-state index contributed by atoms with van der Waals surface area (Å²) < 4.78 is 0. The Morgan fingerprint density at radius 2 is 2.14 bits per heavy atom. The Balaban J connectivity index is 2.03. The number of nitrogens with one attached hydrogen (secondary N) is 1. The number of pyridine rings is 1. The highest BCUT2D eigenvalue weighted by molar-refractivity contribution is 5.80. The molecule has 0 aliphatic carbocycles. The van der Waals surface area contributed by atoms with Crippen LogP contribution in [0.2, 0.25) is 0 Å². The SMILES string of the molecule is CCc1ccc2[nH]c(C)c(CN3CCCC[C@@H]3C)c(=O)c2c1. The van der Waals surface area contributed by atoms with Crippen molar-refractivity contribution in [1.82, 2.24) is 9.88 Å². The molecule has 22 heavy (non-hydrogen) atoms. The first-order chi connectivity index (χ1) is 10.6. The predicted molar refractivity (Wildman–Crippen MR) is 92.4 cm³/mol. The minimum atomic E-state index is 0.208. The molecule has 1 N–H and O–H groups in total. The Labute approximate surface area is 132 Å². The number of benzene rings is 1. The van der Waals surface area contributed by atoms with Gasteiger partial charge in [0.15, 0.2) is 5.43 Å². The minimum absolute atomic E-state index is 0.208. The second kappa shape index (κ2) is 6.25. The molecule has 2 aromatic rings. The van der Waals surface area contributed by atoms with Crippen LogP contribution in [0.5, 0.6) is 0 Å². The number of fused-ring (bicyclic) bond motifs is 1. The number of aromatic amines is 1. The van der Waals surface area contributed by atoms with Gasteiger partial charge in [0.1, 0.15) is 0 Å². The molecule has 3 rings (SSSR count). The molecule has 1 aromatic carbocycles. The van der Waals surface area contributed by atoms with Gasteiger partial charge in [-0.1, -0.05) is 19.4 Å². The molecule has 118 valence electrons. The molecule has 0 unspecified atom stereocenters.